The summed E-state index contributed by atoms with van der Waals surface area (Å²) in [5, 5.41) is 0. The fourth-order valence-corrected chi connectivity index (χ4v) is 5.57. The smallest absolute Gasteiger partial charge is 0.0229 e. The first kappa shape index (κ1) is 19.7. The van der Waals surface area contributed by atoms with Gasteiger partial charge >= 0.3 is 0 Å². The van der Waals surface area contributed by atoms with Crippen molar-refractivity contribution in [2.45, 2.75) is 102 Å². The van der Waals surface area contributed by atoms with Gasteiger partial charge in [0.1, 0.15) is 0 Å². The van der Waals surface area contributed by atoms with Crippen LogP contribution in [0.4, 0.5) is 0 Å². The summed E-state index contributed by atoms with van der Waals surface area (Å²) in [6, 6.07) is 0.802. The van der Waals surface area contributed by atoms with Crippen LogP contribution in [-0.2, 0) is 0 Å². The zero-order valence-corrected chi connectivity index (χ0v) is 17.2. The summed E-state index contributed by atoms with van der Waals surface area (Å²) in [5.41, 5.74) is 1.19. The van der Waals surface area contributed by atoms with Gasteiger partial charge in [-0.1, -0.05) is 45.4 Å². The summed E-state index contributed by atoms with van der Waals surface area (Å²) in [7, 11) is 3.10. The Kier molecular flexibility index (Phi) is 8.33. The maximum absolute atomic E-state index is 3.10. The number of rotatable bonds is 7. The number of unbranched alkanes of at least 4 members (excludes halogenated alkanes) is 5. The minimum absolute atomic E-state index is 0.379. The van der Waals surface area contributed by atoms with E-state index in [9.17, 15) is 0 Å². The molecule has 0 aromatic heterocycles. The molecule has 0 N–H and O–H groups in total. The fourth-order valence-electron chi connectivity index (χ4n) is 4.76. The van der Waals surface area contributed by atoms with Crippen molar-refractivity contribution in [2.24, 2.45) is 0 Å². The molecule has 2 fully saturated rings. The van der Waals surface area contributed by atoms with Gasteiger partial charge < -0.3 is 4.90 Å². The molecule has 0 saturated carbocycles. The van der Waals surface area contributed by atoms with Crippen LogP contribution in [0.2, 0.25) is 0 Å². The van der Waals surface area contributed by atoms with Gasteiger partial charge in [-0.2, -0.15) is 0 Å². The first-order valence-corrected chi connectivity index (χ1v) is 10.9. The molecule has 0 bridgehead atoms. The number of hydrogen-bond donors (Lipinski definition) is 0. The molecule has 0 amide bonds. The van der Waals surface area contributed by atoms with Crippen molar-refractivity contribution in [1.29, 1.82) is 0 Å². The van der Waals surface area contributed by atoms with E-state index in [1.807, 2.05) is 0 Å². The van der Waals surface area contributed by atoms with Crippen molar-refractivity contribution in [3.63, 3.8) is 0 Å². The summed E-state index contributed by atoms with van der Waals surface area (Å²) in [4.78, 5) is 5.61. The largest absolute Gasteiger partial charge is 0.301 e. The second-order valence-electron chi connectivity index (χ2n) is 8.62. The van der Waals surface area contributed by atoms with Crippen LogP contribution in [0.25, 0.3) is 0 Å². The average Bonchev–Trinajstić information content (AvgIpc) is 2.49. The zero-order valence-electron chi connectivity index (χ0n) is 16.0. The minimum Gasteiger partial charge on any atom is -0.301 e. The Balaban J connectivity index is 1.76. The van der Waals surface area contributed by atoms with Gasteiger partial charge in [-0.05, 0) is 51.7 Å². The third kappa shape index (κ3) is 6.29. The van der Waals surface area contributed by atoms with E-state index in [2.05, 4.69) is 39.8 Å². The quantitative estimate of drug-likeness (QED) is 0.479. The Hall–Kier alpha value is 0.350. The molecule has 3 atom stereocenters. The van der Waals surface area contributed by atoms with E-state index < -0.39 is 0 Å². The van der Waals surface area contributed by atoms with Crippen LogP contribution >= 0.6 is 9.24 Å². The standard InChI is InChI=1S/C20H41N2P/c1-4-5-6-7-8-9-13-21-14-15-22-18(17-21)11-10-12-19(23)16-20(22,2)3/h18-19H,4-17,23H2,1-3H3. The van der Waals surface area contributed by atoms with Crippen LogP contribution in [0.5, 0.6) is 0 Å². The van der Waals surface area contributed by atoms with Crippen molar-refractivity contribution in [2.75, 3.05) is 26.2 Å². The molecule has 0 radical (unpaired) electrons. The minimum atomic E-state index is 0.379. The van der Waals surface area contributed by atoms with Crippen LogP contribution in [0.1, 0.15) is 85.0 Å². The molecule has 2 rings (SSSR count). The Morgan fingerprint density at radius 2 is 1.74 bits per heavy atom. The van der Waals surface area contributed by atoms with Crippen LogP contribution in [-0.4, -0.2) is 53.2 Å². The predicted octanol–water partition coefficient (Wildman–Crippen LogP) is 4.93. The Morgan fingerprint density at radius 3 is 2.52 bits per heavy atom. The molecular formula is C20H41N2P. The second kappa shape index (κ2) is 9.73. The van der Waals surface area contributed by atoms with E-state index in [1.54, 1.807) is 0 Å². The summed E-state index contributed by atoms with van der Waals surface area (Å²) < 4.78 is 0. The molecule has 2 heterocycles. The number of nitrogens with zero attached hydrogens (tertiary/aromatic N) is 2. The van der Waals surface area contributed by atoms with Crippen LogP contribution < -0.4 is 0 Å². The van der Waals surface area contributed by atoms with Crippen LogP contribution in [0, 0.1) is 0 Å². The summed E-state index contributed by atoms with van der Waals surface area (Å²) in [5.74, 6) is 0. The second-order valence-corrected chi connectivity index (χ2v) is 9.57. The number of piperazine rings is 1. The first-order chi connectivity index (χ1) is 11.0. The highest BCUT2D eigenvalue weighted by Crippen LogP contribution is 2.34. The molecule has 2 nitrogen and oxygen atoms in total. The van der Waals surface area contributed by atoms with Gasteiger partial charge in [0, 0.05) is 31.2 Å². The molecule has 0 aliphatic carbocycles. The van der Waals surface area contributed by atoms with Crippen molar-refractivity contribution in [3.8, 4) is 0 Å². The van der Waals surface area contributed by atoms with Gasteiger partial charge in [0.05, 0.1) is 0 Å². The molecule has 3 heteroatoms. The third-order valence-electron chi connectivity index (χ3n) is 6.05. The van der Waals surface area contributed by atoms with Crippen LogP contribution in [0.15, 0.2) is 0 Å². The SMILES string of the molecule is CCCCCCCCN1CCN2C(CCCC(P)CC2(C)C)C1. The predicted molar refractivity (Wildman–Crippen MR) is 106 cm³/mol. The number of fused-ring (bicyclic) bond motifs is 1. The molecule has 2 aliphatic heterocycles. The first-order valence-electron chi connectivity index (χ1n) is 10.3. The van der Waals surface area contributed by atoms with Gasteiger partial charge in [-0.25, -0.2) is 0 Å². The van der Waals surface area contributed by atoms with E-state index in [0.717, 1.165) is 11.7 Å². The van der Waals surface area contributed by atoms with E-state index in [-0.39, 0.29) is 0 Å². The molecule has 0 aromatic carbocycles. The van der Waals surface area contributed by atoms with Gasteiger partial charge in [0.15, 0.2) is 0 Å². The fraction of sp³-hybridized carbons (Fsp3) is 1.00. The Bertz CT molecular complexity index is 332. The van der Waals surface area contributed by atoms with Gasteiger partial charge in [0.25, 0.3) is 0 Å². The van der Waals surface area contributed by atoms with E-state index in [1.165, 1.54) is 90.4 Å². The molecule has 2 saturated heterocycles. The van der Waals surface area contributed by atoms with E-state index >= 15 is 0 Å². The summed E-state index contributed by atoms with van der Waals surface area (Å²) in [6.07, 6.45) is 14.1. The highest BCUT2D eigenvalue weighted by molar-refractivity contribution is 7.17. The van der Waals surface area contributed by atoms with E-state index in [4.69, 9.17) is 0 Å². The lowest BCUT2D eigenvalue weighted by Gasteiger charge is -2.51. The van der Waals surface area contributed by atoms with Crippen molar-refractivity contribution in [1.82, 2.24) is 9.80 Å². The van der Waals surface area contributed by atoms with Crippen molar-refractivity contribution in [3.05, 3.63) is 0 Å². The monoisotopic (exact) mass is 340 g/mol. The molecule has 2 aliphatic rings. The maximum atomic E-state index is 3.10. The maximum Gasteiger partial charge on any atom is 0.0229 e. The van der Waals surface area contributed by atoms with Gasteiger partial charge in [-0.15, -0.1) is 9.24 Å². The molecule has 0 spiro atoms. The lowest BCUT2D eigenvalue weighted by atomic mass is 9.87. The third-order valence-corrected chi connectivity index (χ3v) is 6.62. The Morgan fingerprint density at radius 1 is 1.00 bits per heavy atom. The Labute approximate surface area is 148 Å². The van der Waals surface area contributed by atoms with Crippen molar-refractivity contribution >= 4 is 9.24 Å². The molecule has 23 heavy (non-hydrogen) atoms. The molecule has 0 aromatic rings. The molecular weight excluding hydrogens is 299 g/mol. The lowest BCUT2D eigenvalue weighted by Crippen LogP contribution is -2.61. The van der Waals surface area contributed by atoms with Crippen molar-refractivity contribution < 1.29 is 0 Å². The normalized spacial score (nSPS) is 29.7. The molecule has 136 valence electrons. The average molecular weight is 341 g/mol. The highest BCUT2D eigenvalue weighted by Gasteiger charge is 2.38. The van der Waals surface area contributed by atoms with Gasteiger partial charge in [-0.3, -0.25) is 4.90 Å². The summed E-state index contributed by atoms with van der Waals surface area (Å²) in [6.45, 7) is 12.5. The van der Waals surface area contributed by atoms with Crippen LogP contribution in [0.3, 0.4) is 0 Å². The molecule has 3 unspecified atom stereocenters. The zero-order chi connectivity index (χ0) is 16.7. The van der Waals surface area contributed by atoms with Gasteiger partial charge in [0.2, 0.25) is 0 Å². The number of hydrogen-bond acceptors (Lipinski definition) is 2. The summed E-state index contributed by atoms with van der Waals surface area (Å²) >= 11 is 0. The lowest BCUT2D eigenvalue weighted by molar-refractivity contribution is -0.0128. The topological polar surface area (TPSA) is 6.48 Å². The van der Waals surface area contributed by atoms with E-state index in [0.29, 0.717) is 5.54 Å². The highest BCUT2D eigenvalue weighted by atomic mass is 31.0.